The molecule has 1 aromatic carbocycles. The fourth-order valence-electron chi connectivity index (χ4n) is 2.77. The van der Waals surface area contributed by atoms with Crippen LogP contribution in [0.3, 0.4) is 0 Å². The Kier molecular flexibility index (Phi) is 7.24. The number of ether oxygens (including phenoxy) is 1. The minimum atomic E-state index is -0.491. The number of esters is 1. The van der Waals surface area contributed by atoms with E-state index in [4.69, 9.17) is 4.74 Å². The minimum absolute atomic E-state index is 0.000499. The van der Waals surface area contributed by atoms with Crippen molar-refractivity contribution in [1.82, 2.24) is 5.32 Å². The van der Waals surface area contributed by atoms with Crippen molar-refractivity contribution in [3.8, 4) is 0 Å². The number of amides is 1. The normalized spacial score (nSPS) is 19.9. The van der Waals surface area contributed by atoms with Crippen LogP contribution >= 0.6 is 11.8 Å². The second-order valence-corrected chi connectivity index (χ2v) is 7.18. The summed E-state index contributed by atoms with van der Waals surface area (Å²) in [7, 11) is 0. The van der Waals surface area contributed by atoms with Crippen LogP contribution in [0.4, 0.5) is 5.69 Å². The number of hydrogen-bond acceptors (Lipinski definition) is 6. The molecule has 1 N–H and O–H groups in total. The summed E-state index contributed by atoms with van der Waals surface area (Å²) in [5.41, 5.74) is 0.000499. The van der Waals surface area contributed by atoms with Gasteiger partial charge in [-0.2, -0.15) is 0 Å². The molecular weight excluding hydrogens is 344 g/mol. The topological polar surface area (TPSA) is 98.5 Å². The summed E-state index contributed by atoms with van der Waals surface area (Å²) < 4.78 is 4.98. The number of benzene rings is 1. The van der Waals surface area contributed by atoms with E-state index in [2.05, 4.69) is 12.2 Å². The Morgan fingerprint density at radius 1 is 1.28 bits per heavy atom. The van der Waals surface area contributed by atoms with Gasteiger partial charge in [-0.1, -0.05) is 19.8 Å². The highest BCUT2D eigenvalue weighted by Gasteiger charge is 2.23. The Bertz CT molecular complexity index is 620. The molecule has 1 saturated carbocycles. The third-order valence-corrected chi connectivity index (χ3v) is 5.21. The molecule has 0 heterocycles. The van der Waals surface area contributed by atoms with E-state index in [0.29, 0.717) is 5.92 Å². The molecule has 1 fully saturated rings. The Labute approximate surface area is 150 Å². The van der Waals surface area contributed by atoms with Crippen LogP contribution in [0.2, 0.25) is 0 Å². The van der Waals surface area contributed by atoms with Crippen molar-refractivity contribution in [3.05, 3.63) is 34.4 Å². The maximum absolute atomic E-state index is 11.9. The Morgan fingerprint density at radius 3 is 2.60 bits per heavy atom. The molecule has 7 nitrogen and oxygen atoms in total. The quantitative estimate of drug-likeness (QED) is 0.345. The number of hydrogen-bond donors (Lipinski definition) is 1. The average Bonchev–Trinajstić information content (AvgIpc) is 2.60. The molecule has 1 aromatic rings. The Hall–Kier alpha value is -2.09. The average molecular weight is 366 g/mol. The lowest BCUT2D eigenvalue weighted by atomic mass is 9.86. The van der Waals surface area contributed by atoms with E-state index in [1.165, 1.54) is 30.3 Å². The van der Waals surface area contributed by atoms with Gasteiger partial charge in [-0.15, -0.1) is 11.8 Å². The second-order valence-electron chi connectivity index (χ2n) is 6.14. The number of thioether (sulfide) groups is 1. The van der Waals surface area contributed by atoms with Crippen LogP contribution in [0.15, 0.2) is 29.2 Å². The molecule has 0 radical (unpaired) electrons. The molecule has 0 saturated heterocycles. The third kappa shape index (κ3) is 6.38. The lowest BCUT2D eigenvalue weighted by Gasteiger charge is -2.29. The summed E-state index contributed by atoms with van der Waals surface area (Å²) >= 11 is 1.21. The molecule has 0 aliphatic heterocycles. The SMILES string of the molecule is C[C@@H]1CCCC[C@H]1NC(=O)COC(=O)CSc1ccc([N+](=O)[O-])cc1. The number of carbonyl (C=O) groups is 2. The summed E-state index contributed by atoms with van der Waals surface area (Å²) in [5.74, 6) is -0.265. The summed E-state index contributed by atoms with van der Waals surface area (Å²) in [6.45, 7) is 1.85. The molecule has 25 heavy (non-hydrogen) atoms. The summed E-state index contributed by atoms with van der Waals surface area (Å²) in [4.78, 5) is 34.4. The van der Waals surface area contributed by atoms with Crippen LogP contribution in [0, 0.1) is 16.0 Å². The number of non-ortho nitro benzene ring substituents is 1. The van der Waals surface area contributed by atoms with Crippen molar-refractivity contribution in [3.63, 3.8) is 0 Å². The van der Waals surface area contributed by atoms with Crippen molar-refractivity contribution in [1.29, 1.82) is 0 Å². The first-order valence-electron chi connectivity index (χ1n) is 8.28. The van der Waals surface area contributed by atoms with Crippen molar-refractivity contribution >= 4 is 29.3 Å². The van der Waals surface area contributed by atoms with Gasteiger partial charge in [-0.3, -0.25) is 19.7 Å². The van der Waals surface area contributed by atoms with E-state index in [9.17, 15) is 19.7 Å². The van der Waals surface area contributed by atoms with E-state index in [-0.39, 0.29) is 30.0 Å². The maximum Gasteiger partial charge on any atom is 0.316 e. The number of carbonyl (C=O) groups excluding carboxylic acids is 2. The number of nitro benzene ring substituents is 1. The van der Waals surface area contributed by atoms with Gasteiger partial charge >= 0.3 is 5.97 Å². The van der Waals surface area contributed by atoms with Crippen molar-refractivity contribution in [2.24, 2.45) is 5.92 Å². The molecule has 1 amide bonds. The zero-order chi connectivity index (χ0) is 18.2. The molecular formula is C17H22N2O5S. The van der Waals surface area contributed by atoms with E-state index in [0.717, 1.165) is 24.2 Å². The van der Waals surface area contributed by atoms with Crippen LogP contribution < -0.4 is 5.32 Å². The lowest BCUT2D eigenvalue weighted by Crippen LogP contribution is -2.43. The third-order valence-electron chi connectivity index (χ3n) is 4.23. The first-order chi connectivity index (χ1) is 12.0. The van der Waals surface area contributed by atoms with Gasteiger partial charge < -0.3 is 10.1 Å². The van der Waals surface area contributed by atoms with Gasteiger partial charge in [0.1, 0.15) is 0 Å². The zero-order valence-electron chi connectivity index (χ0n) is 14.1. The van der Waals surface area contributed by atoms with E-state index in [1.54, 1.807) is 12.1 Å². The van der Waals surface area contributed by atoms with Gasteiger partial charge in [0.05, 0.1) is 10.7 Å². The molecule has 0 aromatic heterocycles. The molecule has 2 atom stereocenters. The fourth-order valence-corrected chi connectivity index (χ4v) is 3.47. The van der Waals surface area contributed by atoms with Crippen LogP contribution in [0.1, 0.15) is 32.6 Å². The van der Waals surface area contributed by atoms with Crippen LogP contribution in [0.5, 0.6) is 0 Å². The zero-order valence-corrected chi connectivity index (χ0v) is 14.9. The highest BCUT2D eigenvalue weighted by atomic mass is 32.2. The van der Waals surface area contributed by atoms with Crippen LogP contribution in [-0.2, 0) is 14.3 Å². The van der Waals surface area contributed by atoms with Gasteiger partial charge in [0.25, 0.3) is 11.6 Å². The van der Waals surface area contributed by atoms with E-state index in [1.807, 2.05) is 0 Å². The van der Waals surface area contributed by atoms with Gasteiger partial charge in [-0.25, -0.2) is 0 Å². The summed E-state index contributed by atoms with van der Waals surface area (Å²) in [6.07, 6.45) is 4.39. The molecule has 2 rings (SSSR count). The number of nitrogens with zero attached hydrogens (tertiary/aromatic N) is 1. The van der Waals surface area contributed by atoms with Crippen LogP contribution in [0.25, 0.3) is 0 Å². The lowest BCUT2D eigenvalue weighted by molar-refractivity contribution is -0.384. The number of rotatable bonds is 7. The second kappa shape index (κ2) is 9.41. The fraction of sp³-hybridized carbons (Fsp3) is 0.529. The van der Waals surface area contributed by atoms with Crippen molar-refractivity contribution in [2.75, 3.05) is 12.4 Å². The molecule has 8 heteroatoms. The highest BCUT2D eigenvalue weighted by Crippen LogP contribution is 2.24. The van der Waals surface area contributed by atoms with Crippen molar-refractivity contribution < 1.29 is 19.2 Å². The van der Waals surface area contributed by atoms with E-state index >= 15 is 0 Å². The summed E-state index contributed by atoms with van der Waals surface area (Å²) in [5, 5.41) is 13.5. The largest absolute Gasteiger partial charge is 0.455 e. The van der Waals surface area contributed by atoms with Gasteiger partial charge in [0, 0.05) is 23.1 Å². The van der Waals surface area contributed by atoms with Gasteiger partial charge in [0.15, 0.2) is 6.61 Å². The molecule has 0 bridgehead atoms. The predicted octanol–water partition coefficient (Wildman–Crippen LogP) is 2.93. The monoisotopic (exact) mass is 366 g/mol. The standard InChI is InChI=1S/C17H22N2O5S/c1-12-4-2-3-5-15(12)18-16(20)10-24-17(21)11-25-14-8-6-13(7-9-14)19(22)23/h6-9,12,15H,2-5,10-11H2,1H3,(H,18,20)/t12-,15-/m1/s1. The van der Waals surface area contributed by atoms with Gasteiger partial charge in [-0.05, 0) is 30.9 Å². The maximum atomic E-state index is 11.9. The molecule has 1 aliphatic rings. The van der Waals surface area contributed by atoms with Crippen molar-refractivity contribution in [2.45, 2.75) is 43.5 Å². The first kappa shape index (κ1) is 19.2. The molecule has 0 spiro atoms. The van der Waals surface area contributed by atoms with E-state index < -0.39 is 10.9 Å². The number of nitrogens with one attached hydrogen (secondary N) is 1. The molecule has 136 valence electrons. The van der Waals surface area contributed by atoms with Gasteiger partial charge in [0.2, 0.25) is 0 Å². The minimum Gasteiger partial charge on any atom is -0.455 e. The van der Waals surface area contributed by atoms with Crippen LogP contribution in [-0.4, -0.2) is 35.2 Å². The highest BCUT2D eigenvalue weighted by molar-refractivity contribution is 8.00. The summed E-state index contributed by atoms with van der Waals surface area (Å²) in [6, 6.07) is 6.08. The first-order valence-corrected chi connectivity index (χ1v) is 9.26. The Balaban J connectivity index is 1.67. The smallest absolute Gasteiger partial charge is 0.316 e. The molecule has 0 unspecified atom stereocenters. The number of nitro groups is 1. The Morgan fingerprint density at radius 2 is 1.96 bits per heavy atom. The molecule has 1 aliphatic carbocycles. The predicted molar refractivity (Wildman–Crippen MR) is 94.3 cm³/mol.